The Labute approximate surface area is 231 Å². The number of halogens is 1. The highest BCUT2D eigenvalue weighted by atomic mass is 19.1. The van der Waals surface area contributed by atoms with Crippen LogP contribution in [0.25, 0.3) is 10.9 Å². The fourth-order valence-electron chi connectivity index (χ4n) is 7.02. The van der Waals surface area contributed by atoms with E-state index in [2.05, 4.69) is 52.2 Å². The van der Waals surface area contributed by atoms with Crippen molar-refractivity contribution in [3.8, 4) is 0 Å². The maximum atomic E-state index is 15.0. The lowest BCUT2D eigenvalue weighted by atomic mass is 9.69. The second kappa shape index (κ2) is 9.18. The van der Waals surface area contributed by atoms with Gasteiger partial charge in [-0.3, -0.25) is 14.7 Å². The first-order valence-electron chi connectivity index (χ1n) is 13.6. The molecule has 0 saturated heterocycles. The zero-order valence-electron chi connectivity index (χ0n) is 22.9. The Morgan fingerprint density at radius 1 is 1.10 bits per heavy atom. The van der Waals surface area contributed by atoms with Crippen LogP contribution >= 0.6 is 0 Å². The average molecular weight is 545 g/mol. The third kappa shape index (κ3) is 4.04. The number of hydrogen-bond acceptors (Lipinski definition) is 4. The summed E-state index contributed by atoms with van der Waals surface area (Å²) in [5, 5.41) is 19.1. The van der Waals surface area contributed by atoms with Gasteiger partial charge in [-0.15, -0.1) is 0 Å². The van der Waals surface area contributed by atoms with E-state index in [1.165, 1.54) is 18.2 Å². The van der Waals surface area contributed by atoms with Crippen molar-refractivity contribution in [3.05, 3.63) is 70.8 Å². The van der Waals surface area contributed by atoms with Gasteiger partial charge >= 0.3 is 6.03 Å². The number of carbonyl (C=O) groups excluding carboxylic acids is 3. The van der Waals surface area contributed by atoms with Crippen LogP contribution in [0.15, 0.2) is 53.9 Å². The molecule has 4 amide bonds. The zero-order valence-corrected chi connectivity index (χ0v) is 22.9. The molecule has 10 heteroatoms. The minimum Gasteiger partial charge on any atom is -0.349 e. The molecule has 2 heterocycles. The molecule has 208 valence electrons. The van der Waals surface area contributed by atoms with Crippen LogP contribution in [0.3, 0.4) is 0 Å². The lowest BCUT2D eigenvalue weighted by Gasteiger charge is -2.39. The Kier molecular flexibility index (Phi) is 5.97. The molecule has 9 nitrogen and oxygen atoms in total. The zero-order chi connectivity index (χ0) is 28.4. The van der Waals surface area contributed by atoms with Crippen molar-refractivity contribution in [1.82, 2.24) is 26.1 Å². The van der Waals surface area contributed by atoms with E-state index in [0.717, 1.165) is 30.2 Å². The lowest BCUT2D eigenvalue weighted by molar-refractivity contribution is -0.113. The summed E-state index contributed by atoms with van der Waals surface area (Å²) in [7, 11) is 0. The number of hydrogen-bond donors (Lipinski definition) is 5. The molecule has 2 saturated carbocycles. The van der Waals surface area contributed by atoms with E-state index in [1.807, 2.05) is 0 Å². The largest absolute Gasteiger partial charge is 0.349 e. The van der Waals surface area contributed by atoms with Gasteiger partial charge in [0.2, 0.25) is 0 Å². The lowest BCUT2D eigenvalue weighted by Crippen LogP contribution is -2.47. The fraction of sp³-hybridized carbons (Fsp3) is 0.400. The van der Waals surface area contributed by atoms with Gasteiger partial charge in [-0.1, -0.05) is 26.8 Å². The van der Waals surface area contributed by atoms with Crippen molar-refractivity contribution in [2.75, 3.05) is 5.32 Å². The number of aromatic amines is 1. The molecule has 40 heavy (non-hydrogen) atoms. The van der Waals surface area contributed by atoms with Crippen LogP contribution < -0.4 is 21.3 Å². The van der Waals surface area contributed by atoms with Gasteiger partial charge < -0.3 is 21.3 Å². The van der Waals surface area contributed by atoms with E-state index in [1.54, 1.807) is 31.3 Å². The quantitative estimate of drug-likeness (QED) is 0.313. The van der Waals surface area contributed by atoms with Crippen molar-refractivity contribution in [2.24, 2.45) is 16.7 Å². The van der Waals surface area contributed by atoms with E-state index in [9.17, 15) is 14.4 Å². The maximum Gasteiger partial charge on any atom is 0.319 e. The van der Waals surface area contributed by atoms with E-state index in [4.69, 9.17) is 0 Å². The molecule has 1 aliphatic heterocycles. The van der Waals surface area contributed by atoms with Gasteiger partial charge in [0.25, 0.3) is 11.8 Å². The number of allylic oxidation sites excluding steroid dienone is 1. The van der Waals surface area contributed by atoms with Crippen LogP contribution in [0, 0.1) is 22.6 Å². The number of benzene rings is 2. The van der Waals surface area contributed by atoms with E-state index in [0.29, 0.717) is 22.9 Å². The smallest absolute Gasteiger partial charge is 0.319 e. The first-order chi connectivity index (χ1) is 19.0. The molecule has 5 N–H and O–H groups in total. The van der Waals surface area contributed by atoms with Gasteiger partial charge in [-0.25, -0.2) is 9.18 Å². The first-order valence-corrected chi connectivity index (χ1v) is 13.6. The first kappa shape index (κ1) is 26.0. The summed E-state index contributed by atoms with van der Waals surface area (Å²) in [6, 6.07) is 8.03. The Bertz CT molecular complexity index is 1590. The number of rotatable bonds is 5. The second-order valence-corrected chi connectivity index (χ2v) is 12.1. The normalized spacial score (nSPS) is 26.9. The Morgan fingerprint density at radius 3 is 2.62 bits per heavy atom. The van der Waals surface area contributed by atoms with E-state index >= 15 is 4.39 Å². The molecule has 0 spiro atoms. The van der Waals surface area contributed by atoms with Crippen LogP contribution in [0.1, 0.15) is 68.9 Å². The molecule has 4 unspecified atom stereocenters. The highest BCUT2D eigenvalue weighted by molar-refractivity contribution is 6.07. The summed E-state index contributed by atoms with van der Waals surface area (Å²) in [5.74, 6) is -1.07. The number of H-pyrrole nitrogens is 1. The van der Waals surface area contributed by atoms with Crippen LogP contribution in [-0.2, 0) is 4.79 Å². The monoisotopic (exact) mass is 544 g/mol. The number of carbonyl (C=O) groups is 3. The molecule has 2 aromatic carbocycles. The predicted octanol–water partition coefficient (Wildman–Crippen LogP) is 4.91. The van der Waals surface area contributed by atoms with Crippen LogP contribution in [0.4, 0.5) is 14.9 Å². The third-order valence-corrected chi connectivity index (χ3v) is 9.88. The van der Waals surface area contributed by atoms with Gasteiger partial charge in [0, 0.05) is 22.8 Å². The predicted molar refractivity (Wildman–Crippen MR) is 149 cm³/mol. The van der Waals surface area contributed by atoms with Crippen LogP contribution in [-0.4, -0.2) is 34.1 Å². The molecule has 2 aliphatic carbocycles. The van der Waals surface area contributed by atoms with Crippen molar-refractivity contribution >= 4 is 34.4 Å². The third-order valence-electron chi connectivity index (χ3n) is 9.88. The van der Waals surface area contributed by atoms with Crippen molar-refractivity contribution < 1.29 is 18.8 Å². The molecule has 2 bridgehead atoms. The number of nitrogens with one attached hydrogen (secondary N) is 5. The Morgan fingerprint density at radius 2 is 1.90 bits per heavy atom. The topological polar surface area (TPSA) is 128 Å². The van der Waals surface area contributed by atoms with Gasteiger partial charge in [0.1, 0.15) is 5.82 Å². The number of aromatic nitrogens is 2. The molecule has 4 atom stereocenters. The molecular formula is C30H33FN6O3. The fourth-order valence-corrected chi connectivity index (χ4v) is 7.02. The number of fused-ring (bicyclic) bond motifs is 3. The summed E-state index contributed by atoms with van der Waals surface area (Å²) in [4.78, 5) is 39.3. The van der Waals surface area contributed by atoms with Crippen molar-refractivity contribution in [1.29, 1.82) is 0 Å². The molecule has 1 aromatic heterocycles. The maximum absolute atomic E-state index is 15.0. The number of anilines is 1. The average Bonchev–Trinajstić information content (AvgIpc) is 3.50. The van der Waals surface area contributed by atoms with Crippen LogP contribution in [0.5, 0.6) is 0 Å². The number of nitrogens with zero attached hydrogens (tertiary/aromatic N) is 1. The highest BCUT2D eigenvalue weighted by Gasteiger charge is 2.61. The van der Waals surface area contributed by atoms with Crippen LogP contribution in [0.2, 0.25) is 0 Å². The summed E-state index contributed by atoms with van der Waals surface area (Å²) >= 11 is 0. The Balaban J connectivity index is 1.27. The molecule has 0 radical (unpaired) electrons. The van der Waals surface area contributed by atoms with Gasteiger partial charge in [-0.2, -0.15) is 5.10 Å². The SMILES string of the molecule is CC1=C(C(=O)Nc2ccc3[nH]ncc3c2)C(c2ccc(F)c(C(=O)NC3CC4CCC3(C)C4(C)C)c2)NC(=O)N1. The van der Waals surface area contributed by atoms with Crippen molar-refractivity contribution in [2.45, 2.75) is 59.0 Å². The van der Waals surface area contributed by atoms with Gasteiger partial charge in [0.05, 0.1) is 28.9 Å². The molecule has 3 aromatic rings. The number of amides is 4. The second-order valence-electron chi connectivity index (χ2n) is 12.1. The van der Waals surface area contributed by atoms with E-state index in [-0.39, 0.29) is 28.0 Å². The summed E-state index contributed by atoms with van der Waals surface area (Å²) in [5.41, 5.74) is 2.35. The van der Waals surface area contributed by atoms with E-state index < -0.39 is 29.7 Å². The van der Waals surface area contributed by atoms with Gasteiger partial charge in [-0.05, 0) is 78.8 Å². The highest BCUT2D eigenvalue weighted by Crippen LogP contribution is 2.65. The Hall–Kier alpha value is -4.21. The molecular weight excluding hydrogens is 511 g/mol. The van der Waals surface area contributed by atoms with Crippen molar-refractivity contribution in [3.63, 3.8) is 0 Å². The summed E-state index contributed by atoms with van der Waals surface area (Å²) < 4.78 is 15.0. The van der Waals surface area contributed by atoms with Gasteiger partial charge in [0.15, 0.2) is 0 Å². The molecule has 3 aliphatic rings. The standard InChI is InChI=1S/C30H33FN6O3/c1-15-24(27(39)34-19-6-8-22-17(11-19)14-32-37-22)25(36-28(40)33-15)16-5-7-21(31)20(12-16)26(38)35-23-13-18-9-10-30(23,4)29(18,2)3/h5-8,11-12,14,18,23,25H,9-10,13H2,1-4H3,(H,32,37)(H,34,39)(H,35,38)(H2,33,36,40). The minimum absolute atomic E-state index is 0.0496. The summed E-state index contributed by atoms with van der Waals surface area (Å²) in [6.07, 6.45) is 4.69. The molecule has 2 fully saturated rings. The molecule has 6 rings (SSSR count). The summed E-state index contributed by atoms with van der Waals surface area (Å²) in [6.45, 7) is 8.36. The number of urea groups is 1. The minimum atomic E-state index is -0.891.